The number of H-pyrrole nitrogens is 1. The van der Waals surface area contributed by atoms with Crippen LogP contribution in [0.2, 0.25) is 0 Å². The fourth-order valence-corrected chi connectivity index (χ4v) is 2.09. The van der Waals surface area contributed by atoms with Crippen molar-refractivity contribution in [3.63, 3.8) is 0 Å². The van der Waals surface area contributed by atoms with Gasteiger partial charge in [0.1, 0.15) is 0 Å². The molecular formula is C14H17N3O2. The molecule has 0 bridgehead atoms. The van der Waals surface area contributed by atoms with Crippen molar-refractivity contribution in [1.29, 1.82) is 0 Å². The molecule has 0 aliphatic rings. The second kappa shape index (κ2) is 6.04. The van der Waals surface area contributed by atoms with E-state index in [2.05, 4.69) is 33.8 Å². The predicted molar refractivity (Wildman–Crippen MR) is 73.7 cm³/mol. The highest BCUT2D eigenvalue weighted by atomic mass is 16.2. The summed E-state index contributed by atoms with van der Waals surface area (Å²) in [5.41, 5.74) is 2.25. The third kappa shape index (κ3) is 3.58. The van der Waals surface area contributed by atoms with Crippen LogP contribution in [0.1, 0.15) is 12.5 Å². The van der Waals surface area contributed by atoms with Crippen LogP contribution in [0.3, 0.4) is 0 Å². The standard InChI is InChI=1S/C14H17N3O2/c1-10(17-14(19)8-15-9-18)6-11-2-3-12-4-5-16-13(12)7-11/h2-5,7,9-10,16H,6,8H2,1H3,(H,15,18)(H,17,19). The van der Waals surface area contributed by atoms with E-state index in [0.29, 0.717) is 6.41 Å². The molecule has 1 unspecified atom stereocenters. The summed E-state index contributed by atoms with van der Waals surface area (Å²) in [5.74, 6) is -0.180. The van der Waals surface area contributed by atoms with Crippen molar-refractivity contribution in [2.75, 3.05) is 6.54 Å². The van der Waals surface area contributed by atoms with Crippen molar-refractivity contribution >= 4 is 23.2 Å². The first kappa shape index (κ1) is 13.1. The van der Waals surface area contributed by atoms with Crippen LogP contribution in [0.15, 0.2) is 30.5 Å². The fraction of sp³-hybridized carbons (Fsp3) is 0.286. The van der Waals surface area contributed by atoms with Gasteiger partial charge in [-0.3, -0.25) is 9.59 Å². The molecule has 0 spiro atoms. The van der Waals surface area contributed by atoms with E-state index in [1.807, 2.05) is 19.2 Å². The minimum Gasteiger partial charge on any atom is -0.361 e. The lowest BCUT2D eigenvalue weighted by molar-refractivity contribution is -0.122. The molecule has 3 N–H and O–H groups in total. The Kier molecular flexibility index (Phi) is 4.18. The Bertz CT molecular complexity index is 577. The molecule has 5 heteroatoms. The lowest BCUT2D eigenvalue weighted by atomic mass is 10.1. The van der Waals surface area contributed by atoms with Crippen molar-refractivity contribution in [1.82, 2.24) is 15.6 Å². The van der Waals surface area contributed by atoms with Crippen molar-refractivity contribution in [3.05, 3.63) is 36.0 Å². The first-order valence-electron chi connectivity index (χ1n) is 6.21. The Hall–Kier alpha value is -2.30. The van der Waals surface area contributed by atoms with Gasteiger partial charge in [-0.25, -0.2) is 0 Å². The Morgan fingerprint density at radius 1 is 1.42 bits per heavy atom. The summed E-state index contributed by atoms with van der Waals surface area (Å²) in [6.45, 7) is 1.96. The van der Waals surface area contributed by atoms with Crippen LogP contribution in [0.25, 0.3) is 10.9 Å². The molecule has 1 aromatic heterocycles. The Labute approximate surface area is 111 Å². The van der Waals surface area contributed by atoms with Gasteiger partial charge >= 0.3 is 0 Å². The van der Waals surface area contributed by atoms with E-state index in [-0.39, 0.29) is 18.5 Å². The van der Waals surface area contributed by atoms with Crippen molar-refractivity contribution in [3.8, 4) is 0 Å². The number of fused-ring (bicyclic) bond motifs is 1. The fourth-order valence-electron chi connectivity index (χ4n) is 2.09. The molecular weight excluding hydrogens is 242 g/mol. The summed E-state index contributed by atoms with van der Waals surface area (Å²) in [4.78, 5) is 24.7. The first-order chi connectivity index (χ1) is 9.19. The van der Waals surface area contributed by atoms with Crippen molar-refractivity contribution in [2.24, 2.45) is 0 Å². The van der Waals surface area contributed by atoms with E-state index < -0.39 is 0 Å². The Balaban J connectivity index is 1.92. The number of nitrogens with one attached hydrogen (secondary N) is 3. The highest BCUT2D eigenvalue weighted by molar-refractivity contribution is 5.81. The number of carbonyl (C=O) groups excluding carboxylic acids is 2. The lowest BCUT2D eigenvalue weighted by Crippen LogP contribution is -2.39. The zero-order valence-electron chi connectivity index (χ0n) is 10.8. The molecule has 100 valence electrons. The molecule has 2 aromatic rings. The summed E-state index contributed by atoms with van der Waals surface area (Å²) >= 11 is 0. The zero-order chi connectivity index (χ0) is 13.7. The summed E-state index contributed by atoms with van der Waals surface area (Å²) in [6, 6.07) is 8.25. The van der Waals surface area contributed by atoms with Gasteiger partial charge in [0.05, 0.1) is 6.54 Å². The molecule has 5 nitrogen and oxygen atoms in total. The summed E-state index contributed by atoms with van der Waals surface area (Å²) in [5, 5.41) is 6.35. The SMILES string of the molecule is CC(Cc1ccc2cc[nH]c2c1)NC(=O)CNC=O. The molecule has 0 saturated carbocycles. The predicted octanol–water partition coefficient (Wildman–Crippen LogP) is 0.961. The van der Waals surface area contributed by atoms with Crippen molar-refractivity contribution in [2.45, 2.75) is 19.4 Å². The summed E-state index contributed by atoms with van der Waals surface area (Å²) in [6.07, 6.45) is 3.18. The molecule has 0 saturated heterocycles. The maximum atomic E-state index is 11.4. The van der Waals surface area contributed by atoms with Gasteiger partial charge in [0.25, 0.3) is 0 Å². The number of carbonyl (C=O) groups is 2. The van der Waals surface area contributed by atoms with Crippen LogP contribution < -0.4 is 10.6 Å². The van der Waals surface area contributed by atoms with Crippen LogP contribution in [0.5, 0.6) is 0 Å². The number of hydrogen-bond donors (Lipinski definition) is 3. The molecule has 0 radical (unpaired) electrons. The van der Waals surface area contributed by atoms with E-state index in [1.165, 1.54) is 5.39 Å². The average molecular weight is 259 g/mol. The molecule has 1 atom stereocenters. The molecule has 1 aromatic carbocycles. The molecule has 0 fully saturated rings. The second-order valence-corrected chi connectivity index (χ2v) is 4.57. The lowest BCUT2D eigenvalue weighted by Gasteiger charge is -2.13. The number of benzene rings is 1. The highest BCUT2D eigenvalue weighted by Crippen LogP contribution is 2.15. The topological polar surface area (TPSA) is 74.0 Å². The quantitative estimate of drug-likeness (QED) is 0.676. The van der Waals surface area contributed by atoms with Crippen LogP contribution >= 0.6 is 0 Å². The smallest absolute Gasteiger partial charge is 0.239 e. The normalized spacial score (nSPS) is 12.1. The van der Waals surface area contributed by atoms with Gasteiger partial charge in [0.2, 0.25) is 12.3 Å². The van der Waals surface area contributed by atoms with Gasteiger partial charge < -0.3 is 15.6 Å². The van der Waals surface area contributed by atoms with E-state index in [1.54, 1.807) is 0 Å². The second-order valence-electron chi connectivity index (χ2n) is 4.57. The van der Waals surface area contributed by atoms with E-state index in [0.717, 1.165) is 17.5 Å². The van der Waals surface area contributed by atoms with Crippen LogP contribution in [0, 0.1) is 0 Å². The van der Waals surface area contributed by atoms with Gasteiger partial charge in [-0.05, 0) is 36.4 Å². The Morgan fingerprint density at radius 3 is 3.05 bits per heavy atom. The van der Waals surface area contributed by atoms with Crippen LogP contribution in [-0.2, 0) is 16.0 Å². The average Bonchev–Trinajstić information content (AvgIpc) is 2.83. The van der Waals surface area contributed by atoms with Gasteiger partial charge in [-0.15, -0.1) is 0 Å². The monoisotopic (exact) mass is 259 g/mol. The Morgan fingerprint density at radius 2 is 2.26 bits per heavy atom. The number of hydrogen-bond acceptors (Lipinski definition) is 2. The van der Waals surface area contributed by atoms with Crippen molar-refractivity contribution < 1.29 is 9.59 Å². The molecule has 0 aliphatic carbocycles. The van der Waals surface area contributed by atoms with Gasteiger partial charge in [-0.1, -0.05) is 12.1 Å². The molecule has 1 heterocycles. The van der Waals surface area contributed by atoms with E-state index in [4.69, 9.17) is 0 Å². The van der Waals surface area contributed by atoms with Gasteiger partial charge in [0, 0.05) is 17.8 Å². The number of amides is 2. The third-order valence-electron chi connectivity index (χ3n) is 2.91. The third-order valence-corrected chi connectivity index (χ3v) is 2.91. The molecule has 19 heavy (non-hydrogen) atoms. The molecule has 2 amide bonds. The largest absolute Gasteiger partial charge is 0.361 e. The van der Waals surface area contributed by atoms with Crippen LogP contribution in [-0.4, -0.2) is 29.9 Å². The zero-order valence-corrected chi connectivity index (χ0v) is 10.8. The number of aromatic nitrogens is 1. The van der Waals surface area contributed by atoms with Gasteiger partial charge in [-0.2, -0.15) is 0 Å². The summed E-state index contributed by atoms with van der Waals surface area (Å²) < 4.78 is 0. The van der Waals surface area contributed by atoms with E-state index in [9.17, 15) is 9.59 Å². The maximum absolute atomic E-state index is 11.4. The molecule has 2 rings (SSSR count). The summed E-state index contributed by atoms with van der Waals surface area (Å²) in [7, 11) is 0. The first-order valence-corrected chi connectivity index (χ1v) is 6.21. The molecule has 0 aliphatic heterocycles. The van der Waals surface area contributed by atoms with E-state index >= 15 is 0 Å². The number of aromatic amines is 1. The van der Waals surface area contributed by atoms with Gasteiger partial charge in [0.15, 0.2) is 0 Å². The minimum absolute atomic E-state index is 0.0174. The highest BCUT2D eigenvalue weighted by Gasteiger charge is 2.08. The number of rotatable bonds is 6. The maximum Gasteiger partial charge on any atom is 0.239 e. The minimum atomic E-state index is -0.180. The van der Waals surface area contributed by atoms with Crippen LogP contribution in [0.4, 0.5) is 0 Å².